The smallest absolute Gasteiger partial charge is 0.250 e. The molecule has 5 nitrogen and oxygen atoms in total. The number of carbonyl (C=O) groups excluding carboxylic acids is 1. The summed E-state index contributed by atoms with van der Waals surface area (Å²) in [6.45, 7) is 2.37. The third-order valence-electron chi connectivity index (χ3n) is 3.16. The predicted molar refractivity (Wildman–Crippen MR) is 107 cm³/mol. The fraction of sp³-hybridized carbons (Fsp3) is 0.222. The molecule has 0 atom stereocenters. The Morgan fingerprint density at radius 3 is 2.62 bits per heavy atom. The Morgan fingerprint density at radius 1 is 1.23 bits per heavy atom. The number of ether oxygens (including phenoxy) is 2. The van der Waals surface area contributed by atoms with E-state index in [1.54, 1.807) is 31.4 Å². The van der Waals surface area contributed by atoms with Crippen LogP contribution in [0, 0.1) is 0 Å². The van der Waals surface area contributed by atoms with Crippen molar-refractivity contribution >= 4 is 47.1 Å². The molecule has 26 heavy (non-hydrogen) atoms. The van der Waals surface area contributed by atoms with Crippen LogP contribution in [0.5, 0.6) is 11.5 Å². The van der Waals surface area contributed by atoms with E-state index >= 15 is 0 Å². The highest BCUT2D eigenvalue weighted by molar-refractivity contribution is 8.00. The van der Waals surface area contributed by atoms with Gasteiger partial charge in [-0.3, -0.25) is 4.79 Å². The second kappa shape index (κ2) is 10.3. The van der Waals surface area contributed by atoms with Crippen LogP contribution in [0.25, 0.3) is 0 Å². The van der Waals surface area contributed by atoms with E-state index in [4.69, 9.17) is 32.7 Å². The topological polar surface area (TPSA) is 59.9 Å². The van der Waals surface area contributed by atoms with Gasteiger partial charge in [0.1, 0.15) is 0 Å². The highest BCUT2D eigenvalue weighted by Gasteiger charge is 2.09. The van der Waals surface area contributed by atoms with E-state index in [1.807, 2.05) is 19.1 Å². The summed E-state index contributed by atoms with van der Waals surface area (Å²) in [5.41, 5.74) is 3.09. The second-order valence-corrected chi connectivity index (χ2v) is 6.89. The lowest BCUT2D eigenvalue weighted by atomic mass is 10.2. The van der Waals surface area contributed by atoms with E-state index in [9.17, 15) is 4.79 Å². The minimum Gasteiger partial charge on any atom is -0.493 e. The maximum Gasteiger partial charge on any atom is 0.250 e. The fourth-order valence-electron chi connectivity index (χ4n) is 1.96. The molecular weight excluding hydrogens is 395 g/mol. The van der Waals surface area contributed by atoms with Gasteiger partial charge in [0.15, 0.2) is 11.5 Å². The lowest BCUT2D eigenvalue weighted by molar-refractivity contribution is -0.118. The van der Waals surface area contributed by atoms with Crippen LogP contribution in [0.15, 0.2) is 46.4 Å². The molecule has 8 heteroatoms. The number of nitrogens with one attached hydrogen (secondary N) is 1. The molecule has 0 unspecified atom stereocenters. The molecule has 0 aliphatic heterocycles. The fourth-order valence-corrected chi connectivity index (χ4v) is 2.98. The van der Waals surface area contributed by atoms with Crippen molar-refractivity contribution in [1.29, 1.82) is 0 Å². The SMILES string of the molecule is CCOc1cc(/C=N\NC(=O)CSc2ccc(Cl)cc2)c(Cl)cc1OC. The number of thioether (sulfide) groups is 1. The van der Waals surface area contributed by atoms with Gasteiger partial charge in [0.05, 0.1) is 30.7 Å². The van der Waals surface area contributed by atoms with Crippen LogP contribution >= 0.6 is 35.0 Å². The average molecular weight is 413 g/mol. The molecular formula is C18H18Cl2N2O3S. The van der Waals surface area contributed by atoms with Crippen LogP contribution in [0.2, 0.25) is 10.0 Å². The molecule has 1 N–H and O–H groups in total. The van der Waals surface area contributed by atoms with Gasteiger partial charge in [-0.1, -0.05) is 23.2 Å². The predicted octanol–water partition coefficient (Wildman–Crippen LogP) is 4.64. The Labute approximate surface area is 166 Å². The zero-order valence-electron chi connectivity index (χ0n) is 14.3. The maximum absolute atomic E-state index is 11.9. The molecule has 2 aromatic carbocycles. The van der Waals surface area contributed by atoms with Gasteiger partial charge in [-0.2, -0.15) is 5.10 Å². The number of carbonyl (C=O) groups is 1. The zero-order valence-corrected chi connectivity index (χ0v) is 16.6. The van der Waals surface area contributed by atoms with Crippen LogP contribution in [0.1, 0.15) is 12.5 Å². The number of hydrazone groups is 1. The number of hydrogen-bond acceptors (Lipinski definition) is 5. The summed E-state index contributed by atoms with van der Waals surface area (Å²) < 4.78 is 10.7. The number of halogens is 2. The van der Waals surface area contributed by atoms with Gasteiger partial charge in [0.25, 0.3) is 0 Å². The van der Waals surface area contributed by atoms with E-state index in [0.29, 0.717) is 33.7 Å². The Bertz CT molecular complexity index is 783. The minimum atomic E-state index is -0.226. The molecule has 0 spiro atoms. The van der Waals surface area contributed by atoms with Gasteiger partial charge in [0.2, 0.25) is 5.91 Å². The van der Waals surface area contributed by atoms with Crippen molar-refractivity contribution in [3.8, 4) is 11.5 Å². The average Bonchev–Trinajstić information content (AvgIpc) is 2.63. The van der Waals surface area contributed by atoms with E-state index in [0.717, 1.165) is 4.90 Å². The number of benzene rings is 2. The number of rotatable bonds is 8. The third kappa shape index (κ3) is 6.12. The van der Waals surface area contributed by atoms with Gasteiger partial charge >= 0.3 is 0 Å². The Kier molecular flexibility index (Phi) is 8.09. The molecule has 2 rings (SSSR count). The summed E-state index contributed by atoms with van der Waals surface area (Å²) in [4.78, 5) is 12.8. The first-order valence-electron chi connectivity index (χ1n) is 7.74. The molecule has 0 aliphatic carbocycles. The van der Waals surface area contributed by atoms with Crippen molar-refractivity contribution in [2.45, 2.75) is 11.8 Å². The summed E-state index contributed by atoms with van der Waals surface area (Å²) >= 11 is 13.4. The summed E-state index contributed by atoms with van der Waals surface area (Å²) in [5, 5.41) is 5.05. The van der Waals surface area contributed by atoms with Crippen LogP contribution in [-0.2, 0) is 4.79 Å². The second-order valence-electron chi connectivity index (χ2n) is 4.99. The molecule has 138 valence electrons. The first-order chi connectivity index (χ1) is 12.5. The normalized spacial score (nSPS) is 10.8. The molecule has 0 aliphatic rings. The summed E-state index contributed by atoms with van der Waals surface area (Å²) in [5.74, 6) is 1.11. The van der Waals surface area contributed by atoms with Gasteiger partial charge in [0, 0.05) is 21.5 Å². The first-order valence-corrected chi connectivity index (χ1v) is 9.48. The monoisotopic (exact) mass is 412 g/mol. The first kappa shape index (κ1) is 20.4. The van der Waals surface area contributed by atoms with Crippen LogP contribution < -0.4 is 14.9 Å². The number of nitrogens with zero attached hydrogens (tertiary/aromatic N) is 1. The molecule has 0 radical (unpaired) electrons. The van der Waals surface area contributed by atoms with Gasteiger partial charge in [-0.05, 0) is 37.3 Å². The van der Waals surface area contributed by atoms with E-state index < -0.39 is 0 Å². The maximum atomic E-state index is 11.9. The molecule has 0 bridgehead atoms. The van der Waals surface area contributed by atoms with Crippen molar-refractivity contribution in [2.24, 2.45) is 5.10 Å². The summed E-state index contributed by atoms with van der Waals surface area (Å²) in [6.07, 6.45) is 1.47. The van der Waals surface area contributed by atoms with Gasteiger partial charge in [-0.25, -0.2) is 5.43 Å². The van der Waals surface area contributed by atoms with Crippen molar-refractivity contribution in [1.82, 2.24) is 5.43 Å². The number of methoxy groups -OCH3 is 1. The third-order valence-corrected chi connectivity index (χ3v) is 4.75. The van der Waals surface area contributed by atoms with Gasteiger partial charge in [-0.15, -0.1) is 11.8 Å². The van der Waals surface area contributed by atoms with Crippen molar-refractivity contribution in [3.63, 3.8) is 0 Å². The van der Waals surface area contributed by atoms with Crippen molar-refractivity contribution in [2.75, 3.05) is 19.5 Å². The summed E-state index contributed by atoms with van der Waals surface area (Å²) in [7, 11) is 1.54. The molecule has 2 aromatic rings. The van der Waals surface area contributed by atoms with E-state index in [2.05, 4.69) is 10.5 Å². The van der Waals surface area contributed by atoms with Crippen molar-refractivity contribution < 1.29 is 14.3 Å². The van der Waals surface area contributed by atoms with E-state index in [1.165, 1.54) is 18.0 Å². The van der Waals surface area contributed by atoms with E-state index in [-0.39, 0.29) is 11.7 Å². The Hall–Kier alpha value is -1.89. The Balaban J connectivity index is 1.93. The molecule has 0 fully saturated rings. The quantitative estimate of drug-likeness (QED) is 0.389. The highest BCUT2D eigenvalue weighted by Crippen LogP contribution is 2.32. The number of hydrogen-bond donors (Lipinski definition) is 1. The minimum absolute atomic E-state index is 0.226. The van der Waals surface area contributed by atoms with Gasteiger partial charge < -0.3 is 9.47 Å². The van der Waals surface area contributed by atoms with Crippen molar-refractivity contribution in [3.05, 3.63) is 52.0 Å². The standard InChI is InChI=1S/C18H18Cl2N2O3S/c1-3-25-17-8-12(15(20)9-16(17)24-2)10-21-22-18(23)11-26-14-6-4-13(19)5-7-14/h4-10H,3,11H2,1-2H3,(H,22,23)/b21-10-. The lowest BCUT2D eigenvalue weighted by Crippen LogP contribution is -2.19. The number of amides is 1. The van der Waals surface area contributed by atoms with Crippen LogP contribution in [0.4, 0.5) is 0 Å². The molecule has 0 heterocycles. The summed E-state index contributed by atoms with van der Waals surface area (Å²) in [6, 6.07) is 10.6. The molecule has 0 saturated carbocycles. The lowest BCUT2D eigenvalue weighted by Gasteiger charge is -2.11. The Morgan fingerprint density at radius 2 is 1.96 bits per heavy atom. The molecule has 0 aromatic heterocycles. The van der Waals surface area contributed by atoms with Crippen LogP contribution in [-0.4, -0.2) is 31.6 Å². The zero-order chi connectivity index (χ0) is 18.9. The largest absolute Gasteiger partial charge is 0.493 e. The molecule has 0 saturated heterocycles. The molecule has 1 amide bonds. The van der Waals surface area contributed by atoms with Crippen LogP contribution in [0.3, 0.4) is 0 Å². The highest BCUT2D eigenvalue weighted by atomic mass is 35.5.